The van der Waals surface area contributed by atoms with E-state index < -0.39 is 57.1 Å². The molecule has 0 spiro atoms. The Labute approximate surface area is 118 Å². The predicted molar refractivity (Wildman–Crippen MR) is 65.2 cm³/mol. The zero-order chi connectivity index (χ0) is 15.9. The summed E-state index contributed by atoms with van der Waals surface area (Å²) in [5, 5.41) is 21.0. The Balaban J connectivity index is 2.53. The van der Waals surface area contributed by atoms with E-state index in [1.54, 1.807) is 0 Å². The van der Waals surface area contributed by atoms with E-state index in [4.69, 9.17) is 5.53 Å². The Morgan fingerprint density at radius 3 is 2.62 bits per heavy atom. The maximum absolute atomic E-state index is 12.2. The molecule has 2 aliphatic rings. The highest BCUT2D eigenvalue weighted by molar-refractivity contribution is 7.92. The third-order valence-corrected chi connectivity index (χ3v) is 5.51. The Hall–Kier alpha value is -1.88. The maximum Gasteiger partial charge on any atom is 0.329 e. The lowest BCUT2D eigenvalue weighted by atomic mass is 9.97. The summed E-state index contributed by atoms with van der Waals surface area (Å²) < 4.78 is 28.5. The van der Waals surface area contributed by atoms with E-state index in [0.717, 1.165) is 7.11 Å². The number of sulfone groups is 1. The number of hydrogen-bond acceptors (Lipinski definition) is 8. The number of ether oxygens (including phenoxy) is 1. The zero-order valence-corrected chi connectivity index (χ0v) is 11.5. The fourth-order valence-electron chi connectivity index (χ4n) is 2.55. The summed E-state index contributed by atoms with van der Waals surface area (Å²) >= 11 is 0. The molecule has 116 valence electrons. The molecule has 0 radical (unpaired) electrons. The second kappa shape index (κ2) is 5.15. The van der Waals surface area contributed by atoms with Gasteiger partial charge in [-0.15, -0.1) is 0 Å². The molecule has 2 N–H and O–H groups in total. The summed E-state index contributed by atoms with van der Waals surface area (Å²) in [6.45, 7) is 0. The minimum absolute atomic E-state index is 0.609. The van der Waals surface area contributed by atoms with Crippen LogP contribution >= 0.6 is 0 Å². The second-order valence-electron chi connectivity index (χ2n) is 4.64. The van der Waals surface area contributed by atoms with Crippen LogP contribution in [-0.4, -0.2) is 77.9 Å². The number of amides is 1. The third-order valence-electron chi connectivity index (χ3n) is 3.49. The molecule has 2 heterocycles. The minimum Gasteiger partial charge on any atom is -0.467 e. The van der Waals surface area contributed by atoms with Gasteiger partial charge in [-0.3, -0.25) is 4.79 Å². The van der Waals surface area contributed by atoms with Crippen LogP contribution in [0.1, 0.15) is 0 Å². The van der Waals surface area contributed by atoms with Crippen LogP contribution < -0.4 is 0 Å². The van der Waals surface area contributed by atoms with Gasteiger partial charge in [0.25, 0.3) is 0 Å². The summed E-state index contributed by atoms with van der Waals surface area (Å²) in [5.41, 5.74) is 8.39. The monoisotopic (exact) mass is 320 g/mol. The average molecular weight is 320 g/mol. The van der Waals surface area contributed by atoms with Gasteiger partial charge in [-0.2, -0.15) is 0 Å². The van der Waals surface area contributed by atoms with Crippen molar-refractivity contribution in [2.75, 3.05) is 12.9 Å². The Morgan fingerprint density at radius 1 is 1.48 bits per heavy atom. The van der Waals surface area contributed by atoms with Gasteiger partial charge in [0.2, 0.25) is 5.91 Å². The van der Waals surface area contributed by atoms with Gasteiger partial charge in [-0.05, 0) is 5.53 Å². The lowest BCUT2D eigenvalue weighted by Crippen LogP contribution is -2.65. The van der Waals surface area contributed by atoms with Gasteiger partial charge in [0.1, 0.15) is 24.3 Å². The molecule has 2 aliphatic heterocycles. The topological polar surface area (TPSA) is 170 Å². The van der Waals surface area contributed by atoms with Gasteiger partial charge in [-0.25, -0.2) is 13.2 Å². The molecule has 2 rings (SSSR count). The van der Waals surface area contributed by atoms with Crippen LogP contribution in [0.5, 0.6) is 0 Å². The van der Waals surface area contributed by atoms with Crippen molar-refractivity contribution in [3.8, 4) is 0 Å². The van der Waals surface area contributed by atoms with Crippen molar-refractivity contribution in [3.63, 3.8) is 0 Å². The molecule has 0 aliphatic carbocycles. The van der Waals surface area contributed by atoms with Crippen molar-refractivity contribution in [3.05, 3.63) is 10.4 Å². The lowest BCUT2D eigenvalue weighted by molar-refractivity contribution is -0.162. The molecular formula is C9H12N4O7S. The number of fused-ring (bicyclic) bond motifs is 1. The van der Waals surface area contributed by atoms with E-state index in [9.17, 15) is 28.2 Å². The van der Waals surface area contributed by atoms with Crippen molar-refractivity contribution in [1.29, 1.82) is 0 Å². The number of carbonyl (C=O) groups excluding carboxylic acids is 2. The Morgan fingerprint density at radius 2 is 2.10 bits per heavy atom. The van der Waals surface area contributed by atoms with Crippen molar-refractivity contribution in [2.24, 2.45) is 5.11 Å². The normalized spacial score (nSPS) is 37.6. The second-order valence-corrected chi connectivity index (χ2v) is 6.78. The first-order chi connectivity index (χ1) is 9.76. The first kappa shape index (κ1) is 15.5. The minimum atomic E-state index is -4.05. The highest BCUT2D eigenvalue weighted by Gasteiger charge is 2.61. The molecule has 0 bridgehead atoms. The molecule has 0 unspecified atom stereocenters. The molecule has 2 saturated heterocycles. The average Bonchev–Trinajstić information content (AvgIpc) is 2.72. The van der Waals surface area contributed by atoms with Crippen LogP contribution in [0, 0.1) is 0 Å². The van der Waals surface area contributed by atoms with Crippen molar-refractivity contribution >= 4 is 21.7 Å². The summed E-state index contributed by atoms with van der Waals surface area (Å²) in [5.74, 6) is -2.76. The van der Waals surface area contributed by atoms with Crippen molar-refractivity contribution in [1.82, 2.24) is 4.90 Å². The van der Waals surface area contributed by atoms with E-state index in [2.05, 4.69) is 14.8 Å². The summed E-state index contributed by atoms with van der Waals surface area (Å²) in [6, 6.07) is -3.15. The van der Waals surface area contributed by atoms with Gasteiger partial charge >= 0.3 is 5.97 Å². The van der Waals surface area contributed by atoms with Gasteiger partial charge in [0, 0.05) is 4.91 Å². The third kappa shape index (κ3) is 2.21. The lowest BCUT2D eigenvalue weighted by Gasteiger charge is -2.40. The maximum atomic E-state index is 12.2. The van der Waals surface area contributed by atoms with Gasteiger partial charge < -0.3 is 19.8 Å². The van der Waals surface area contributed by atoms with E-state index in [0.29, 0.717) is 4.90 Å². The highest BCUT2D eigenvalue weighted by Crippen LogP contribution is 2.34. The molecule has 21 heavy (non-hydrogen) atoms. The summed E-state index contributed by atoms with van der Waals surface area (Å²) in [6.07, 6.45) is -3.77. The quantitative estimate of drug-likeness (QED) is 0.245. The van der Waals surface area contributed by atoms with Crippen LogP contribution in [0.2, 0.25) is 0 Å². The number of carbonyl (C=O) groups is 2. The standard InChI is InChI=1S/C9H12N4O7S/c1-20-9(17)3-2-21(18,19)8-6(15)5(14)4(11-12-10)7(16)13(3)8/h3-6,8,14-15H,2H2,1H3/t3-,4-,5-,6-,8-/m0/s1. The molecule has 11 nitrogen and oxygen atoms in total. The van der Waals surface area contributed by atoms with Crippen LogP contribution in [0.25, 0.3) is 10.4 Å². The number of piperidine rings is 1. The molecule has 0 aromatic carbocycles. The number of nitrogens with zero attached hydrogens (tertiary/aromatic N) is 4. The van der Waals surface area contributed by atoms with Gasteiger partial charge in [0.15, 0.2) is 15.2 Å². The highest BCUT2D eigenvalue weighted by atomic mass is 32.2. The molecular weight excluding hydrogens is 308 g/mol. The van der Waals surface area contributed by atoms with E-state index in [-0.39, 0.29) is 0 Å². The van der Waals surface area contributed by atoms with Crippen LogP contribution in [-0.2, 0) is 24.2 Å². The first-order valence-corrected chi connectivity index (χ1v) is 7.49. The van der Waals surface area contributed by atoms with E-state index in [1.807, 2.05) is 0 Å². The zero-order valence-electron chi connectivity index (χ0n) is 10.7. The van der Waals surface area contributed by atoms with Gasteiger partial charge in [0.05, 0.1) is 12.9 Å². The molecule has 12 heteroatoms. The van der Waals surface area contributed by atoms with Crippen molar-refractivity contribution < 1.29 is 33.0 Å². The predicted octanol–water partition coefficient (Wildman–Crippen LogP) is -2.47. The van der Waals surface area contributed by atoms with E-state index >= 15 is 0 Å². The summed E-state index contributed by atoms with van der Waals surface area (Å²) in [7, 11) is -3.02. The Kier molecular flexibility index (Phi) is 3.80. The molecule has 2 fully saturated rings. The van der Waals surface area contributed by atoms with E-state index in [1.165, 1.54) is 0 Å². The summed E-state index contributed by atoms with van der Waals surface area (Å²) in [4.78, 5) is 26.8. The molecule has 0 saturated carbocycles. The first-order valence-electron chi connectivity index (χ1n) is 5.78. The number of methoxy groups -OCH3 is 1. The largest absolute Gasteiger partial charge is 0.467 e. The fourth-order valence-corrected chi connectivity index (χ4v) is 4.67. The molecule has 5 atom stereocenters. The smallest absolute Gasteiger partial charge is 0.329 e. The number of esters is 1. The fraction of sp³-hybridized carbons (Fsp3) is 0.778. The van der Waals surface area contributed by atoms with Crippen LogP contribution in [0.15, 0.2) is 5.11 Å². The molecule has 0 aromatic rings. The number of aliphatic hydroxyl groups excluding tert-OH is 2. The SMILES string of the molecule is COC(=O)[C@@H]1CS(=O)(=O)[C@H]2[C@@H](O)[C@@H](O)[C@H](N=[N+]=[N-])C(=O)N12. The number of rotatable bonds is 2. The molecule has 0 aromatic heterocycles. The van der Waals surface area contributed by atoms with Crippen LogP contribution in [0.4, 0.5) is 0 Å². The van der Waals surface area contributed by atoms with Gasteiger partial charge in [-0.1, -0.05) is 5.11 Å². The number of azide groups is 1. The van der Waals surface area contributed by atoms with Crippen LogP contribution in [0.3, 0.4) is 0 Å². The Bertz CT molecular complexity index is 628. The number of hydrogen-bond donors (Lipinski definition) is 2. The van der Waals surface area contributed by atoms with Crippen molar-refractivity contribution in [2.45, 2.75) is 29.7 Å². The molecule has 1 amide bonds. The number of aliphatic hydroxyl groups is 2.